The van der Waals surface area contributed by atoms with E-state index < -0.39 is 34.4 Å². The molecular formula is C20H21NO7S. The molecule has 1 saturated carbocycles. The molecule has 0 unspecified atom stereocenters. The maximum atomic E-state index is 12.7. The third-order valence-corrected chi connectivity index (χ3v) is 7.12. The Morgan fingerprint density at radius 3 is 2.38 bits per heavy atom. The molecule has 0 aromatic heterocycles. The van der Waals surface area contributed by atoms with Gasteiger partial charge in [0.05, 0.1) is 11.5 Å². The number of phenols is 2. The molecular weight excluding hydrogens is 398 g/mol. The molecule has 29 heavy (non-hydrogen) atoms. The Morgan fingerprint density at radius 2 is 1.76 bits per heavy atom. The average molecular weight is 419 g/mol. The number of carbonyl (C=O) groups is 2. The van der Waals surface area contributed by atoms with Gasteiger partial charge in [-0.25, -0.2) is 13.2 Å². The molecule has 1 heterocycles. The van der Waals surface area contributed by atoms with Gasteiger partial charge in [0.15, 0.2) is 16.4 Å². The predicted molar refractivity (Wildman–Crippen MR) is 104 cm³/mol. The van der Waals surface area contributed by atoms with Crippen LogP contribution in [0.5, 0.6) is 11.5 Å². The summed E-state index contributed by atoms with van der Waals surface area (Å²) in [5.74, 6) is -1.93. The van der Waals surface area contributed by atoms with Gasteiger partial charge in [-0.05, 0) is 25.3 Å². The highest BCUT2D eigenvalue weighted by Gasteiger charge is 2.42. The van der Waals surface area contributed by atoms with Gasteiger partial charge in [0.2, 0.25) is 0 Å². The SMILES string of the molecule is O=C(OCC(=O)N(C1CC1)[C@H]1CCS(=O)(=O)C1)c1cc(O)c2ccccc2c1O. The zero-order chi connectivity index (χ0) is 20.8. The maximum Gasteiger partial charge on any atom is 0.342 e. The monoisotopic (exact) mass is 419 g/mol. The number of rotatable bonds is 5. The van der Waals surface area contributed by atoms with Crippen molar-refractivity contribution in [3.8, 4) is 11.5 Å². The quantitative estimate of drug-likeness (QED) is 0.557. The van der Waals surface area contributed by atoms with E-state index in [2.05, 4.69) is 0 Å². The van der Waals surface area contributed by atoms with Crippen LogP contribution in [0.25, 0.3) is 10.8 Å². The van der Waals surface area contributed by atoms with Crippen molar-refractivity contribution in [3.05, 3.63) is 35.9 Å². The molecule has 2 N–H and O–H groups in total. The number of aromatic hydroxyl groups is 2. The first-order valence-corrected chi connectivity index (χ1v) is 11.2. The van der Waals surface area contributed by atoms with E-state index in [9.17, 15) is 28.2 Å². The third kappa shape index (κ3) is 3.87. The van der Waals surface area contributed by atoms with Gasteiger partial charge in [0.25, 0.3) is 5.91 Å². The van der Waals surface area contributed by atoms with E-state index in [1.165, 1.54) is 4.90 Å². The van der Waals surface area contributed by atoms with Crippen LogP contribution in [-0.4, -0.2) is 65.6 Å². The lowest BCUT2D eigenvalue weighted by Crippen LogP contribution is -2.44. The highest BCUT2D eigenvalue weighted by molar-refractivity contribution is 7.91. The summed E-state index contributed by atoms with van der Waals surface area (Å²) in [6.07, 6.45) is 1.99. The summed E-state index contributed by atoms with van der Waals surface area (Å²) in [5, 5.41) is 21.2. The standard InChI is InChI=1S/C20H21NO7S/c22-17-9-16(19(24)15-4-2-1-3-14(15)17)20(25)28-10-18(23)21(12-5-6-12)13-7-8-29(26,27)11-13/h1-4,9,12-13,22,24H,5-8,10-11H2/t13-/m0/s1. The first kappa shape index (κ1) is 19.5. The fourth-order valence-electron chi connectivity index (χ4n) is 3.83. The molecule has 2 aromatic carbocycles. The van der Waals surface area contributed by atoms with Gasteiger partial charge in [-0.15, -0.1) is 0 Å². The van der Waals surface area contributed by atoms with E-state index in [1.54, 1.807) is 24.3 Å². The van der Waals surface area contributed by atoms with Crippen LogP contribution in [0.1, 0.15) is 29.6 Å². The zero-order valence-electron chi connectivity index (χ0n) is 15.6. The minimum absolute atomic E-state index is 0.0161. The summed E-state index contributed by atoms with van der Waals surface area (Å²) in [5.41, 5.74) is -0.240. The maximum absolute atomic E-state index is 12.7. The van der Waals surface area contributed by atoms with Gasteiger partial charge in [0.1, 0.15) is 17.1 Å². The van der Waals surface area contributed by atoms with Crippen LogP contribution in [0.2, 0.25) is 0 Å². The topological polar surface area (TPSA) is 121 Å². The Kier molecular flexibility index (Phi) is 4.85. The summed E-state index contributed by atoms with van der Waals surface area (Å²) in [6.45, 7) is -0.557. The van der Waals surface area contributed by atoms with Gasteiger partial charge in [-0.3, -0.25) is 4.79 Å². The van der Waals surface area contributed by atoms with Crippen molar-refractivity contribution in [1.29, 1.82) is 0 Å². The Hall–Kier alpha value is -2.81. The summed E-state index contributed by atoms with van der Waals surface area (Å²) in [4.78, 5) is 26.6. The molecule has 1 atom stereocenters. The van der Waals surface area contributed by atoms with Crippen molar-refractivity contribution in [1.82, 2.24) is 4.90 Å². The van der Waals surface area contributed by atoms with Crippen LogP contribution in [0.15, 0.2) is 30.3 Å². The molecule has 1 aliphatic carbocycles. The van der Waals surface area contributed by atoms with E-state index in [0.717, 1.165) is 18.9 Å². The Morgan fingerprint density at radius 1 is 1.07 bits per heavy atom. The van der Waals surface area contributed by atoms with Crippen LogP contribution in [0, 0.1) is 0 Å². The van der Waals surface area contributed by atoms with Gasteiger partial charge in [-0.2, -0.15) is 0 Å². The lowest BCUT2D eigenvalue weighted by atomic mass is 10.0. The summed E-state index contributed by atoms with van der Waals surface area (Å²) >= 11 is 0. The number of benzene rings is 2. The van der Waals surface area contributed by atoms with E-state index in [1.807, 2.05) is 0 Å². The normalized spacial score (nSPS) is 20.5. The average Bonchev–Trinajstić information content (AvgIpc) is 3.45. The summed E-state index contributed by atoms with van der Waals surface area (Å²) in [6, 6.07) is 7.20. The van der Waals surface area contributed by atoms with Crippen molar-refractivity contribution in [2.75, 3.05) is 18.1 Å². The first-order valence-electron chi connectivity index (χ1n) is 9.39. The number of hydrogen-bond donors (Lipinski definition) is 2. The molecule has 8 nitrogen and oxygen atoms in total. The van der Waals surface area contributed by atoms with E-state index in [4.69, 9.17) is 4.74 Å². The molecule has 1 aliphatic heterocycles. The van der Waals surface area contributed by atoms with Crippen molar-refractivity contribution in [2.45, 2.75) is 31.3 Å². The highest BCUT2D eigenvalue weighted by Crippen LogP contribution is 2.36. The van der Waals surface area contributed by atoms with Crippen LogP contribution in [0.4, 0.5) is 0 Å². The fourth-order valence-corrected chi connectivity index (χ4v) is 5.54. The lowest BCUT2D eigenvalue weighted by Gasteiger charge is -2.28. The van der Waals surface area contributed by atoms with Gasteiger partial charge < -0.3 is 19.8 Å². The second-order valence-electron chi connectivity index (χ2n) is 7.50. The highest BCUT2D eigenvalue weighted by atomic mass is 32.2. The molecule has 4 rings (SSSR count). The first-order chi connectivity index (χ1) is 13.8. The number of sulfone groups is 1. The number of nitrogens with zero attached hydrogens (tertiary/aromatic N) is 1. The molecule has 0 bridgehead atoms. The van der Waals surface area contributed by atoms with Crippen molar-refractivity contribution in [2.24, 2.45) is 0 Å². The number of ether oxygens (including phenoxy) is 1. The van der Waals surface area contributed by atoms with E-state index in [0.29, 0.717) is 17.2 Å². The van der Waals surface area contributed by atoms with E-state index in [-0.39, 0.29) is 34.6 Å². The molecule has 1 amide bonds. The van der Waals surface area contributed by atoms with Crippen molar-refractivity contribution < 1.29 is 33.0 Å². The summed E-state index contributed by atoms with van der Waals surface area (Å²) < 4.78 is 28.6. The third-order valence-electron chi connectivity index (χ3n) is 5.37. The van der Waals surface area contributed by atoms with Crippen LogP contribution < -0.4 is 0 Å². The van der Waals surface area contributed by atoms with Gasteiger partial charge in [0, 0.05) is 22.9 Å². The number of amides is 1. The molecule has 154 valence electrons. The van der Waals surface area contributed by atoms with Gasteiger partial charge in [-0.1, -0.05) is 24.3 Å². The number of carbonyl (C=O) groups excluding carboxylic acids is 2. The minimum atomic E-state index is -3.15. The van der Waals surface area contributed by atoms with Crippen molar-refractivity contribution in [3.63, 3.8) is 0 Å². The largest absolute Gasteiger partial charge is 0.507 e. The molecule has 1 saturated heterocycles. The van der Waals surface area contributed by atoms with Crippen LogP contribution >= 0.6 is 0 Å². The molecule has 0 spiro atoms. The fraction of sp³-hybridized carbons (Fsp3) is 0.400. The molecule has 0 radical (unpaired) electrons. The Bertz CT molecular complexity index is 1090. The molecule has 2 fully saturated rings. The number of esters is 1. The minimum Gasteiger partial charge on any atom is -0.507 e. The number of phenolic OH excluding ortho intramolecular Hbond substituents is 2. The Balaban J connectivity index is 1.48. The predicted octanol–water partition coefficient (Wildman–Crippen LogP) is 1.59. The smallest absolute Gasteiger partial charge is 0.342 e. The lowest BCUT2D eigenvalue weighted by molar-refractivity contribution is -0.137. The molecule has 9 heteroatoms. The molecule has 2 aliphatic rings. The van der Waals surface area contributed by atoms with Gasteiger partial charge >= 0.3 is 5.97 Å². The van der Waals surface area contributed by atoms with Crippen LogP contribution in [0.3, 0.4) is 0 Å². The molecule has 2 aromatic rings. The van der Waals surface area contributed by atoms with Crippen LogP contribution in [-0.2, 0) is 19.4 Å². The number of fused-ring (bicyclic) bond motifs is 1. The zero-order valence-corrected chi connectivity index (χ0v) is 16.4. The van der Waals surface area contributed by atoms with E-state index >= 15 is 0 Å². The summed E-state index contributed by atoms with van der Waals surface area (Å²) in [7, 11) is -3.15. The Labute approximate surface area is 167 Å². The number of hydrogen-bond acceptors (Lipinski definition) is 7. The second kappa shape index (κ2) is 7.22. The van der Waals surface area contributed by atoms with Crippen molar-refractivity contribution >= 4 is 32.5 Å². The second-order valence-corrected chi connectivity index (χ2v) is 9.73.